The van der Waals surface area contributed by atoms with Crippen LogP contribution in [0.1, 0.15) is 6.92 Å². The number of benzene rings is 1. The zero-order valence-corrected chi connectivity index (χ0v) is 9.21. The van der Waals surface area contributed by atoms with E-state index in [1.165, 1.54) is 35.0 Å². The summed E-state index contributed by atoms with van der Waals surface area (Å²) in [5.74, 6) is -0.0128. The second-order valence-corrected chi connectivity index (χ2v) is 3.45. The second kappa shape index (κ2) is 4.29. The molecule has 0 atom stereocenters. The van der Waals surface area contributed by atoms with Gasteiger partial charge in [0.05, 0.1) is 12.1 Å². The molecule has 1 aromatic carbocycles. The number of hydrogen-bond donors (Lipinski definition) is 1. The summed E-state index contributed by atoms with van der Waals surface area (Å²) in [4.78, 5) is 23.2. The molecule has 1 N–H and O–H groups in total. The highest BCUT2D eigenvalue weighted by Gasteiger charge is 2.10. The van der Waals surface area contributed by atoms with E-state index in [1.54, 1.807) is 6.92 Å². The molecule has 0 amide bonds. The van der Waals surface area contributed by atoms with Crippen LogP contribution in [-0.2, 0) is 4.74 Å². The van der Waals surface area contributed by atoms with Crippen LogP contribution < -0.4 is 5.43 Å². The smallest absolute Gasteiger partial charge is 0.418 e. The van der Waals surface area contributed by atoms with E-state index in [9.17, 15) is 14.7 Å². The summed E-state index contributed by atoms with van der Waals surface area (Å²) in [6.07, 6.45) is 0.755. The van der Waals surface area contributed by atoms with Crippen molar-refractivity contribution in [3.63, 3.8) is 0 Å². The molecule has 0 spiro atoms. The summed E-state index contributed by atoms with van der Waals surface area (Å²) >= 11 is 0. The van der Waals surface area contributed by atoms with Crippen molar-refractivity contribution in [1.82, 2.24) is 4.57 Å². The van der Waals surface area contributed by atoms with Crippen molar-refractivity contribution in [1.29, 1.82) is 0 Å². The third-order valence-electron chi connectivity index (χ3n) is 2.35. The molecule has 0 saturated carbocycles. The number of carbonyl (C=O) groups excluding carboxylic acids is 1. The Balaban J connectivity index is 2.72. The van der Waals surface area contributed by atoms with Gasteiger partial charge in [-0.1, -0.05) is 0 Å². The summed E-state index contributed by atoms with van der Waals surface area (Å²) < 4.78 is 6.05. The lowest BCUT2D eigenvalue weighted by Gasteiger charge is -2.08. The number of ether oxygens (including phenoxy) is 1. The molecule has 1 heterocycles. The Morgan fingerprint density at radius 3 is 2.88 bits per heavy atom. The molecule has 0 radical (unpaired) electrons. The van der Waals surface area contributed by atoms with E-state index in [0.29, 0.717) is 10.9 Å². The minimum Gasteiger partial charge on any atom is -0.508 e. The standard InChI is InChI=1S/C12H11NO4/c1-2-17-12(16)13-6-5-11(15)9-4-3-8(14)7-10(9)13/h3-7,14H,2H2,1H3. The number of carbonyl (C=O) groups is 1. The first-order valence-corrected chi connectivity index (χ1v) is 5.15. The second-order valence-electron chi connectivity index (χ2n) is 3.45. The maximum atomic E-state index is 11.6. The Bertz CT molecular complexity index is 630. The highest BCUT2D eigenvalue weighted by atomic mass is 16.5. The summed E-state index contributed by atoms with van der Waals surface area (Å²) in [6.45, 7) is 1.94. The molecular weight excluding hydrogens is 222 g/mol. The number of phenolic OH excluding ortho intramolecular Hbond substituents is 1. The van der Waals surface area contributed by atoms with Crippen LogP contribution in [0.2, 0.25) is 0 Å². The van der Waals surface area contributed by atoms with E-state index in [0.717, 1.165) is 0 Å². The summed E-state index contributed by atoms with van der Waals surface area (Å²) in [6, 6.07) is 5.52. The third kappa shape index (κ3) is 1.99. The maximum absolute atomic E-state index is 11.6. The van der Waals surface area contributed by atoms with Crippen molar-refractivity contribution in [2.45, 2.75) is 6.92 Å². The van der Waals surface area contributed by atoms with Crippen molar-refractivity contribution in [2.75, 3.05) is 6.61 Å². The first-order chi connectivity index (χ1) is 8.13. The van der Waals surface area contributed by atoms with Crippen molar-refractivity contribution in [2.24, 2.45) is 0 Å². The zero-order chi connectivity index (χ0) is 12.4. The lowest BCUT2D eigenvalue weighted by Crippen LogP contribution is -2.17. The van der Waals surface area contributed by atoms with Gasteiger partial charge in [-0.15, -0.1) is 0 Å². The van der Waals surface area contributed by atoms with E-state index in [1.807, 2.05) is 0 Å². The quantitative estimate of drug-likeness (QED) is 0.814. The number of aromatic hydroxyl groups is 1. The van der Waals surface area contributed by atoms with Crippen molar-refractivity contribution < 1.29 is 14.6 Å². The van der Waals surface area contributed by atoms with E-state index >= 15 is 0 Å². The Morgan fingerprint density at radius 1 is 1.41 bits per heavy atom. The fourth-order valence-electron chi connectivity index (χ4n) is 1.59. The molecular formula is C12H11NO4. The van der Waals surface area contributed by atoms with Gasteiger partial charge >= 0.3 is 6.09 Å². The number of aromatic nitrogens is 1. The van der Waals surface area contributed by atoms with E-state index < -0.39 is 6.09 Å². The van der Waals surface area contributed by atoms with Gasteiger partial charge in [0.25, 0.3) is 0 Å². The summed E-state index contributed by atoms with van der Waals surface area (Å²) in [5, 5.41) is 9.75. The fourth-order valence-corrected chi connectivity index (χ4v) is 1.59. The average molecular weight is 233 g/mol. The first kappa shape index (κ1) is 11.2. The van der Waals surface area contributed by atoms with Crippen LogP contribution in [0, 0.1) is 0 Å². The van der Waals surface area contributed by atoms with Gasteiger partial charge in [0.1, 0.15) is 5.75 Å². The van der Waals surface area contributed by atoms with Gasteiger partial charge in [-0.3, -0.25) is 9.36 Å². The van der Waals surface area contributed by atoms with Gasteiger partial charge in [-0.2, -0.15) is 0 Å². The Labute approximate surface area is 96.9 Å². The Hall–Kier alpha value is -2.30. The number of hydrogen-bond acceptors (Lipinski definition) is 4. The molecule has 0 aliphatic carbocycles. The predicted molar refractivity (Wildman–Crippen MR) is 62.3 cm³/mol. The minimum absolute atomic E-state index is 0.0128. The summed E-state index contributed by atoms with van der Waals surface area (Å²) in [5.41, 5.74) is 0.122. The number of nitrogens with zero attached hydrogens (tertiary/aromatic N) is 1. The maximum Gasteiger partial charge on any atom is 0.418 e. The van der Waals surface area contributed by atoms with Crippen molar-refractivity contribution >= 4 is 17.0 Å². The van der Waals surface area contributed by atoms with E-state index in [4.69, 9.17) is 4.74 Å². The van der Waals surface area contributed by atoms with Gasteiger partial charge in [0, 0.05) is 23.7 Å². The van der Waals surface area contributed by atoms with Crippen LogP contribution in [0.15, 0.2) is 35.3 Å². The summed E-state index contributed by atoms with van der Waals surface area (Å²) in [7, 11) is 0. The lowest BCUT2D eigenvalue weighted by molar-refractivity contribution is 0.155. The largest absolute Gasteiger partial charge is 0.508 e. The number of rotatable bonds is 1. The van der Waals surface area contributed by atoms with Gasteiger partial charge in [0.2, 0.25) is 0 Å². The van der Waals surface area contributed by atoms with Gasteiger partial charge < -0.3 is 9.84 Å². The highest BCUT2D eigenvalue weighted by Crippen LogP contribution is 2.17. The Morgan fingerprint density at radius 2 is 2.18 bits per heavy atom. The topological polar surface area (TPSA) is 68.5 Å². The molecule has 0 aliphatic heterocycles. The monoisotopic (exact) mass is 233 g/mol. The third-order valence-corrected chi connectivity index (χ3v) is 2.35. The fraction of sp³-hybridized carbons (Fsp3) is 0.167. The van der Waals surface area contributed by atoms with Crippen LogP contribution in [-0.4, -0.2) is 22.4 Å². The average Bonchev–Trinajstić information content (AvgIpc) is 2.29. The molecule has 0 aliphatic rings. The molecule has 5 nitrogen and oxygen atoms in total. The minimum atomic E-state index is -0.580. The molecule has 0 bridgehead atoms. The molecule has 0 saturated heterocycles. The molecule has 5 heteroatoms. The van der Waals surface area contributed by atoms with Crippen LogP contribution in [0.5, 0.6) is 5.75 Å². The molecule has 2 rings (SSSR count). The van der Waals surface area contributed by atoms with Gasteiger partial charge in [-0.05, 0) is 19.1 Å². The van der Waals surface area contributed by atoms with Gasteiger partial charge in [-0.25, -0.2) is 4.79 Å². The molecule has 88 valence electrons. The SMILES string of the molecule is CCOC(=O)n1ccc(=O)c2ccc(O)cc21. The lowest BCUT2D eigenvalue weighted by atomic mass is 10.2. The number of pyridine rings is 1. The van der Waals surface area contributed by atoms with Crippen LogP contribution >= 0.6 is 0 Å². The van der Waals surface area contributed by atoms with E-state index in [-0.39, 0.29) is 17.8 Å². The number of fused-ring (bicyclic) bond motifs is 1. The molecule has 2 aromatic rings. The number of phenols is 1. The highest BCUT2D eigenvalue weighted by molar-refractivity contribution is 5.88. The first-order valence-electron chi connectivity index (χ1n) is 5.15. The molecule has 17 heavy (non-hydrogen) atoms. The van der Waals surface area contributed by atoms with Crippen molar-refractivity contribution in [3.8, 4) is 5.75 Å². The van der Waals surface area contributed by atoms with Gasteiger partial charge in [0.15, 0.2) is 5.43 Å². The van der Waals surface area contributed by atoms with Crippen LogP contribution in [0.3, 0.4) is 0 Å². The van der Waals surface area contributed by atoms with Crippen molar-refractivity contribution in [3.05, 3.63) is 40.7 Å². The van der Waals surface area contributed by atoms with Crippen LogP contribution in [0.4, 0.5) is 4.79 Å². The zero-order valence-electron chi connectivity index (χ0n) is 9.21. The van der Waals surface area contributed by atoms with E-state index in [2.05, 4.69) is 0 Å². The molecule has 0 unspecified atom stereocenters. The molecule has 0 fully saturated rings. The van der Waals surface area contributed by atoms with Crippen LogP contribution in [0.25, 0.3) is 10.9 Å². The predicted octanol–water partition coefficient (Wildman–Crippen LogP) is 1.71. The normalized spacial score (nSPS) is 10.4. The molecule has 1 aromatic heterocycles. The Kier molecular flexibility index (Phi) is 2.82.